The second-order valence-corrected chi connectivity index (χ2v) is 8.27. The standard InChI is InChI=1S/C9H8O.C8H10AsNO5/c1-2-9(10)8-6-4-3-5-7-8;1-6(11)10-8-5-3-2-4-7(8)9(12,13)15-14/h2-7H,1H2;2-5,14H,1H3,(H,10,11)(H,12,13). The summed E-state index contributed by atoms with van der Waals surface area (Å²) in [4.78, 5) is 21.7. The molecule has 0 saturated heterocycles. The van der Waals surface area contributed by atoms with Gasteiger partial charge in [0.05, 0.1) is 0 Å². The molecular formula is C17H18AsNO6. The zero-order chi connectivity index (χ0) is 18.9. The van der Waals surface area contributed by atoms with E-state index in [1.165, 1.54) is 31.2 Å². The number of nitrogens with one attached hydrogen (secondary N) is 1. The molecule has 0 heterocycles. The van der Waals surface area contributed by atoms with Crippen molar-refractivity contribution in [2.24, 2.45) is 0 Å². The van der Waals surface area contributed by atoms with Crippen LogP contribution in [0.15, 0.2) is 67.3 Å². The summed E-state index contributed by atoms with van der Waals surface area (Å²) in [6, 6.07) is 14.9. The van der Waals surface area contributed by atoms with Gasteiger partial charge in [-0.15, -0.1) is 0 Å². The number of rotatable bonds is 5. The Morgan fingerprint density at radius 1 is 1.12 bits per heavy atom. The van der Waals surface area contributed by atoms with E-state index in [1.807, 2.05) is 18.2 Å². The number of anilines is 1. The van der Waals surface area contributed by atoms with Crippen molar-refractivity contribution >= 4 is 35.9 Å². The first-order chi connectivity index (χ1) is 11.8. The third kappa shape index (κ3) is 6.52. The van der Waals surface area contributed by atoms with Gasteiger partial charge < -0.3 is 0 Å². The summed E-state index contributed by atoms with van der Waals surface area (Å²) >= 11 is -4.92. The van der Waals surface area contributed by atoms with E-state index < -0.39 is 14.2 Å². The number of allylic oxidation sites excluding steroid dienone is 1. The minimum absolute atomic E-state index is 0.0272. The van der Waals surface area contributed by atoms with Crippen molar-refractivity contribution < 1.29 is 26.6 Å². The molecule has 132 valence electrons. The van der Waals surface area contributed by atoms with E-state index in [0.717, 1.165) is 0 Å². The summed E-state index contributed by atoms with van der Waals surface area (Å²) in [5, 5.41) is 10.7. The van der Waals surface area contributed by atoms with Crippen molar-refractivity contribution in [3.05, 3.63) is 72.8 Å². The van der Waals surface area contributed by atoms with E-state index in [2.05, 4.69) is 15.8 Å². The predicted molar refractivity (Wildman–Crippen MR) is 93.7 cm³/mol. The van der Waals surface area contributed by atoms with Crippen LogP contribution in [-0.2, 0) is 12.4 Å². The molecule has 25 heavy (non-hydrogen) atoms. The molecule has 0 saturated carbocycles. The van der Waals surface area contributed by atoms with Crippen LogP contribution in [0.5, 0.6) is 0 Å². The Morgan fingerprint density at radius 3 is 2.20 bits per heavy atom. The fourth-order valence-corrected chi connectivity index (χ4v) is 3.45. The first kappa shape index (κ1) is 20.6. The number of carbonyl (C=O) groups excluding carboxylic acids is 2. The Morgan fingerprint density at radius 2 is 1.68 bits per heavy atom. The van der Waals surface area contributed by atoms with E-state index in [1.54, 1.807) is 18.2 Å². The normalized spacial score (nSPS) is 12.1. The maximum absolute atomic E-state index is 11.4. The fraction of sp³-hybridized carbons (Fsp3) is 0.0588. The van der Waals surface area contributed by atoms with Crippen LogP contribution >= 0.6 is 0 Å². The predicted octanol–water partition coefficient (Wildman–Crippen LogP) is 1.76. The monoisotopic (exact) mass is 407 g/mol. The summed E-state index contributed by atoms with van der Waals surface area (Å²) in [5.41, 5.74) is 0.849. The van der Waals surface area contributed by atoms with Gasteiger partial charge in [0.25, 0.3) is 0 Å². The van der Waals surface area contributed by atoms with Crippen molar-refractivity contribution in [3.63, 3.8) is 0 Å². The second-order valence-electron chi connectivity index (χ2n) is 4.73. The fourth-order valence-electron chi connectivity index (χ4n) is 1.78. The maximum atomic E-state index is 11.4. The Bertz CT molecular complexity index is 791. The minimum atomic E-state index is -4.92. The number of benzene rings is 2. The zero-order valence-corrected chi connectivity index (χ0v) is 15.3. The average molecular weight is 407 g/mol. The zero-order valence-electron chi connectivity index (χ0n) is 13.5. The molecule has 8 heteroatoms. The number of para-hydroxylation sites is 1. The van der Waals surface area contributed by atoms with Crippen LogP contribution in [0.4, 0.5) is 5.69 Å². The van der Waals surface area contributed by atoms with Crippen molar-refractivity contribution in [3.8, 4) is 0 Å². The van der Waals surface area contributed by atoms with Gasteiger partial charge in [0, 0.05) is 5.56 Å². The van der Waals surface area contributed by atoms with Gasteiger partial charge in [0.2, 0.25) is 0 Å². The van der Waals surface area contributed by atoms with Crippen LogP contribution in [0.1, 0.15) is 17.3 Å². The van der Waals surface area contributed by atoms with Gasteiger partial charge in [-0.1, -0.05) is 36.9 Å². The van der Waals surface area contributed by atoms with Gasteiger partial charge in [-0.05, 0) is 6.08 Å². The SMILES string of the molecule is C=CC(=O)c1ccccc1.CC(=O)Nc1ccccc1[As](=O)(O)OO. The van der Waals surface area contributed by atoms with Crippen molar-refractivity contribution in [1.29, 1.82) is 0 Å². The van der Waals surface area contributed by atoms with E-state index in [4.69, 9.17) is 5.26 Å². The number of ketones is 1. The Labute approximate surface area is 147 Å². The van der Waals surface area contributed by atoms with Gasteiger partial charge >= 0.3 is 88.4 Å². The summed E-state index contributed by atoms with van der Waals surface area (Å²) in [6.45, 7) is 4.66. The van der Waals surface area contributed by atoms with Crippen molar-refractivity contribution in [2.45, 2.75) is 6.92 Å². The second kappa shape index (κ2) is 9.76. The van der Waals surface area contributed by atoms with Gasteiger partial charge in [-0.25, -0.2) is 0 Å². The van der Waals surface area contributed by atoms with Crippen molar-refractivity contribution in [1.82, 2.24) is 0 Å². The first-order valence-corrected chi connectivity index (χ1v) is 10.4. The van der Waals surface area contributed by atoms with Crippen LogP contribution in [0, 0.1) is 0 Å². The number of hydrogen-bond acceptors (Lipinski definition) is 5. The topological polar surface area (TPSA) is 113 Å². The van der Waals surface area contributed by atoms with Gasteiger partial charge in [-0.2, -0.15) is 0 Å². The van der Waals surface area contributed by atoms with Gasteiger partial charge in [0.15, 0.2) is 5.78 Å². The van der Waals surface area contributed by atoms with Crippen LogP contribution in [0.3, 0.4) is 0 Å². The molecule has 1 atom stereocenters. The molecule has 0 aliphatic rings. The molecule has 0 aromatic heterocycles. The molecule has 0 bridgehead atoms. The molecule has 2 rings (SSSR count). The third-order valence-electron chi connectivity index (χ3n) is 2.87. The molecule has 0 aliphatic heterocycles. The van der Waals surface area contributed by atoms with Gasteiger partial charge in [-0.3, -0.25) is 4.79 Å². The molecule has 2 aromatic rings. The summed E-state index contributed by atoms with van der Waals surface area (Å²) in [5.74, 6) is -0.406. The van der Waals surface area contributed by atoms with E-state index >= 15 is 0 Å². The number of carbonyl (C=O) groups is 2. The molecule has 7 nitrogen and oxygen atoms in total. The number of hydrogen-bond donors (Lipinski definition) is 3. The molecule has 1 amide bonds. The Balaban J connectivity index is 0.000000271. The summed E-state index contributed by atoms with van der Waals surface area (Å²) in [7, 11) is 0. The summed E-state index contributed by atoms with van der Waals surface area (Å²) < 4.78 is 24.1. The third-order valence-corrected chi connectivity index (χ3v) is 5.43. The van der Waals surface area contributed by atoms with Gasteiger partial charge in [0.1, 0.15) is 0 Å². The molecule has 2 aromatic carbocycles. The van der Waals surface area contributed by atoms with E-state index in [9.17, 15) is 17.4 Å². The molecule has 1 unspecified atom stereocenters. The quantitative estimate of drug-likeness (QED) is 0.229. The summed E-state index contributed by atoms with van der Waals surface area (Å²) in [6.07, 6.45) is 1.31. The molecule has 0 radical (unpaired) electrons. The van der Waals surface area contributed by atoms with Crippen LogP contribution in [0.2, 0.25) is 0 Å². The molecule has 3 N–H and O–H groups in total. The van der Waals surface area contributed by atoms with E-state index in [0.29, 0.717) is 5.56 Å². The van der Waals surface area contributed by atoms with Crippen LogP contribution < -0.4 is 9.67 Å². The van der Waals surface area contributed by atoms with Crippen molar-refractivity contribution in [2.75, 3.05) is 5.32 Å². The molecule has 0 aliphatic carbocycles. The molecular weight excluding hydrogens is 389 g/mol. The molecule has 0 spiro atoms. The Kier molecular flexibility index (Phi) is 8.04. The van der Waals surface area contributed by atoms with Crippen LogP contribution in [0.25, 0.3) is 0 Å². The number of amides is 1. The molecule has 0 fully saturated rings. The van der Waals surface area contributed by atoms with E-state index in [-0.39, 0.29) is 21.7 Å². The first-order valence-electron chi connectivity index (χ1n) is 7.06. The Hall–Kier alpha value is -2.44. The van der Waals surface area contributed by atoms with Crippen LogP contribution in [-0.4, -0.2) is 35.2 Å². The average Bonchev–Trinajstić information content (AvgIpc) is 2.62.